The standard InChI is InChI=1S/C36H35F3N4O5S/c37-36(38,39)34(46)43-17-2-6-30(43)32(45)42-20-24-4-1-5-28(18-24)25-11-13-27(14-12-25)33-47-29(22-49-35-40-15-3-16-41-35)19-31(48-33)26-9-7-23(21-44)8-10-26/h1,3-5,7-16,18,29-31,33,44H,2,6,17,19-22H2,(H,42,45)/t29-,30-,31+,33+/m0/s1. The fraction of sp³-hybridized carbons (Fsp3) is 0.333. The zero-order valence-electron chi connectivity index (χ0n) is 26.4. The summed E-state index contributed by atoms with van der Waals surface area (Å²) < 4.78 is 51.9. The number of benzene rings is 3. The molecular weight excluding hydrogens is 657 g/mol. The van der Waals surface area contributed by atoms with Crippen molar-refractivity contribution in [1.29, 1.82) is 0 Å². The molecule has 3 aromatic carbocycles. The maximum Gasteiger partial charge on any atom is 0.471 e. The van der Waals surface area contributed by atoms with Gasteiger partial charge in [-0.3, -0.25) is 9.59 Å². The van der Waals surface area contributed by atoms with Crippen molar-refractivity contribution in [2.45, 2.75) is 68.3 Å². The van der Waals surface area contributed by atoms with E-state index >= 15 is 0 Å². The Morgan fingerprint density at radius 2 is 1.65 bits per heavy atom. The van der Waals surface area contributed by atoms with Crippen LogP contribution >= 0.6 is 11.8 Å². The monoisotopic (exact) mass is 692 g/mol. The SMILES string of the molecule is O=C(NCc1cccc(-c2ccc([C@@H]3O[C@H](CSc4ncccn4)C[C@H](c4ccc(CO)cc4)O3)cc2)c1)[C@@H]1CCCN1C(=O)C(F)(F)F. The van der Waals surface area contributed by atoms with Gasteiger partial charge in [-0.1, -0.05) is 78.5 Å². The molecule has 6 rings (SSSR count). The Hall–Kier alpha value is -4.30. The van der Waals surface area contributed by atoms with Crippen LogP contribution in [0, 0.1) is 0 Å². The van der Waals surface area contributed by atoms with E-state index in [1.165, 1.54) is 11.8 Å². The molecule has 2 fully saturated rings. The minimum absolute atomic E-state index is 0.0372. The second kappa shape index (κ2) is 15.5. The normalized spacial score (nSPS) is 21.0. The van der Waals surface area contributed by atoms with Crippen LogP contribution in [0.25, 0.3) is 11.1 Å². The summed E-state index contributed by atoms with van der Waals surface area (Å²) in [5.74, 6) is -1.95. The second-order valence-electron chi connectivity index (χ2n) is 11.9. The minimum Gasteiger partial charge on any atom is -0.392 e. The second-order valence-corrected chi connectivity index (χ2v) is 12.9. The van der Waals surface area contributed by atoms with Crippen molar-refractivity contribution in [1.82, 2.24) is 20.2 Å². The van der Waals surface area contributed by atoms with Crippen molar-refractivity contribution < 1.29 is 37.3 Å². The molecule has 2 N–H and O–H groups in total. The smallest absolute Gasteiger partial charge is 0.392 e. The summed E-state index contributed by atoms with van der Waals surface area (Å²) in [6.07, 6.45) is -1.47. The highest BCUT2D eigenvalue weighted by Gasteiger charge is 2.47. The van der Waals surface area contributed by atoms with E-state index in [0.717, 1.165) is 33.4 Å². The molecule has 1 aromatic heterocycles. The minimum atomic E-state index is -5.02. The Balaban J connectivity index is 1.12. The summed E-state index contributed by atoms with van der Waals surface area (Å²) >= 11 is 1.52. The number of halogens is 3. The molecule has 9 nitrogen and oxygen atoms in total. The zero-order chi connectivity index (χ0) is 34.4. The van der Waals surface area contributed by atoms with E-state index in [2.05, 4.69) is 15.3 Å². The highest BCUT2D eigenvalue weighted by Crippen LogP contribution is 2.39. The molecule has 0 bridgehead atoms. The predicted molar refractivity (Wildman–Crippen MR) is 176 cm³/mol. The summed E-state index contributed by atoms with van der Waals surface area (Å²) in [5.41, 5.74) is 5.21. The first-order valence-electron chi connectivity index (χ1n) is 15.9. The average molecular weight is 693 g/mol. The number of hydrogen-bond acceptors (Lipinski definition) is 8. The van der Waals surface area contributed by atoms with Crippen LogP contribution in [-0.2, 0) is 32.2 Å². The molecule has 2 aliphatic rings. The number of amides is 2. The number of rotatable bonds is 10. The lowest BCUT2D eigenvalue weighted by atomic mass is 9.99. The van der Waals surface area contributed by atoms with E-state index in [0.29, 0.717) is 28.7 Å². The Morgan fingerprint density at radius 3 is 2.37 bits per heavy atom. The number of aliphatic hydroxyl groups is 1. The zero-order valence-corrected chi connectivity index (χ0v) is 27.2. The number of thioether (sulfide) groups is 1. The Kier molecular flexibility index (Phi) is 10.9. The van der Waals surface area contributed by atoms with Crippen molar-refractivity contribution in [3.05, 3.63) is 114 Å². The predicted octanol–water partition coefficient (Wildman–Crippen LogP) is 6.14. The quantitative estimate of drug-likeness (QED) is 0.151. The van der Waals surface area contributed by atoms with Crippen LogP contribution in [0.4, 0.5) is 13.2 Å². The van der Waals surface area contributed by atoms with Gasteiger partial charge < -0.3 is 24.8 Å². The van der Waals surface area contributed by atoms with Crippen LogP contribution in [0.1, 0.15) is 53.9 Å². The molecule has 2 amide bonds. The van der Waals surface area contributed by atoms with E-state index in [9.17, 15) is 27.9 Å². The van der Waals surface area contributed by atoms with Gasteiger partial charge in [0.05, 0.1) is 18.8 Å². The fourth-order valence-corrected chi connectivity index (χ4v) is 6.82. The summed E-state index contributed by atoms with van der Waals surface area (Å²) in [6, 6.07) is 23.6. The summed E-state index contributed by atoms with van der Waals surface area (Å²) in [7, 11) is 0. The molecule has 0 radical (unpaired) electrons. The third kappa shape index (κ3) is 8.66. The number of hydrogen-bond donors (Lipinski definition) is 2. The molecule has 2 aliphatic heterocycles. The van der Waals surface area contributed by atoms with E-state index < -0.39 is 30.3 Å². The van der Waals surface area contributed by atoms with E-state index in [1.54, 1.807) is 18.5 Å². The first kappa shape index (κ1) is 34.6. The van der Waals surface area contributed by atoms with Gasteiger partial charge in [-0.15, -0.1) is 0 Å². The number of aliphatic hydroxyl groups excluding tert-OH is 1. The molecule has 2 saturated heterocycles. The molecule has 3 heterocycles. The molecule has 4 aromatic rings. The summed E-state index contributed by atoms with van der Waals surface area (Å²) in [6.45, 7) is -0.0306. The number of nitrogens with zero attached hydrogens (tertiary/aromatic N) is 3. The highest BCUT2D eigenvalue weighted by molar-refractivity contribution is 7.99. The number of carbonyl (C=O) groups is 2. The lowest BCUT2D eigenvalue weighted by Crippen LogP contribution is -2.50. The van der Waals surface area contributed by atoms with Gasteiger partial charge in [0.15, 0.2) is 11.4 Å². The van der Waals surface area contributed by atoms with Crippen molar-refractivity contribution in [3.63, 3.8) is 0 Å². The van der Waals surface area contributed by atoms with E-state index in [4.69, 9.17) is 9.47 Å². The summed E-state index contributed by atoms with van der Waals surface area (Å²) in [5, 5.41) is 12.9. The van der Waals surface area contributed by atoms with Gasteiger partial charge in [-0.2, -0.15) is 13.2 Å². The molecular formula is C36H35F3N4O5S. The van der Waals surface area contributed by atoms with Crippen LogP contribution < -0.4 is 5.32 Å². The van der Waals surface area contributed by atoms with Gasteiger partial charge in [0.1, 0.15) is 6.04 Å². The van der Waals surface area contributed by atoms with Crippen molar-refractivity contribution >= 4 is 23.6 Å². The number of carbonyl (C=O) groups excluding carboxylic acids is 2. The highest BCUT2D eigenvalue weighted by atomic mass is 32.2. The Labute approximate surface area is 285 Å². The van der Waals surface area contributed by atoms with Crippen molar-refractivity contribution in [3.8, 4) is 11.1 Å². The lowest BCUT2D eigenvalue weighted by Gasteiger charge is -2.36. The van der Waals surface area contributed by atoms with Crippen LogP contribution in [0.5, 0.6) is 0 Å². The number of likely N-dealkylation sites (tertiary alicyclic amines) is 1. The van der Waals surface area contributed by atoms with Gasteiger partial charge in [-0.05, 0) is 52.8 Å². The Morgan fingerprint density at radius 1 is 0.918 bits per heavy atom. The maximum absolute atomic E-state index is 13.0. The van der Waals surface area contributed by atoms with Gasteiger partial charge >= 0.3 is 12.1 Å². The number of ether oxygens (including phenoxy) is 2. The largest absolute Gasteiger partial charge is 0.471 e. The van der Waals surface area contributed by atoms with Crippen molar-refractivity contribution in [2.24, 2.45) is 0 Å². The maximum atomic E-state index is 13.0. The van der Waals surface area contributed by atoms with Crippen LogP contribution in [0.3, 0.4) is 0 Å². The average Bonchev–Trinajstić information content (AvgIpc) is 3.63. The molecule has 256 valence electrons. The molecule has 0 unspecified atom stereocenters. The molecule has 0 aliphatic carbocycles. The van der Waals surface area contributed by atoms with Gasteiger partial charge in [0, 0.05) is 43.2 Å². The molecule has 0 saturated carbocycles. The first-order chi connectivity index (χ1) is 23.7. The van der Waals surface area contributed by atoms with Crippen LogP contribution in [-0.4, -0.2) is 62.4 Å². The fourth-order valence-electron chi connectivity index (χ4n) is 6.00. The third-order valence-corrected chi connectivity index (χ3v) is 9.53. The third-order valence-electron chi connectivity index (χ3n) is 8.52. The number of aromatic nitrogens is 2. The van der Waals surface area contributed by atoms with Crippen molar-refractivity contribution in [2.75, 3.05) is 12.3 Å². The lowest BCUT2D eigenvalue weighted by molar-refractivity contribution is -0.245. The molecule has 0 spiro atoms. The molecule has 49 heavy (non-hydrogen) atoms. The van der Waals surface area contributed by atoms with Gasteiger partial charge in [0.25, 0.3) is 0 Å². The molecule has 4 atom stereocenters. The topological polar surface area (TPSA) is 114 Å². The van der Waals surface area contributed by atoms with Crippen LogP contribution in [0.2, 0.25) is 0 Å². The van der Waals surface area contributed by atoms with Crippen LogP contribution in [0.15, 0.2) is 96.4 Å². The first-order valence-corrected chi connectivity index (χ1v) is 16.9. The number of alkyl halides is 3. The van der Waals surface area contributed by atoms with E-state index in [1.807, 2.05) is 72.8 Å². The Bertz CT molecular complexity index is 1730. The molecule has 13 heteroatoms. The van der Waals surface area contributed by atoms with E-state index in [-0.39, 0.29) is 38.3 Å². The van der Waals surface area contributed by atoms with Gasteiger partial charge in [-0.25, -0.2) is 9.97 Å². The summed E-state index contributed by atoms with van der Waals surface area (Å²) in [4.78, 5) is 33.8. The number of nitrogens with one attached hydrogen (secondary N) is 1. The van der Waals surface area contributed by atoms with Gasteiger partial charge in [0.2, 0.25) is 5.91 Å².